The van der Waals surface area contributed by atoms with Gasteiger partial charge in [0, 0.05) is 12.4 Å². The van der Waals surface area contributed by atoms with Gasteiger partial charge in [-0.1, -0.05) is 0 Å². The van der Waals surface area contributed by atoms with Gasteiger partial charge in [-0.15, -0.1) is 11.6 Å². The molecule has 0 aliphatic carbocycles. The molecule has 3 N–H and O–H groups in total. The van der Waals surface area contributed by atoms with Crippen LogP contribution in [0.2, 0.25) is 0 Å². The number of hydrogen-bond donors (Lipinski definition) is 2. The van der Waals surface area contributed by atoms with Gasteiger partial charge in [0.15, 0.2) is 0 Å². The molecule has 8 heavy (non-hydrogen) atoms. The summed E-state index contributed by atoms with van der Waals surface area (Å²) in [6, 6.07) is 0. The number of hydrogen-bond acceptors (Lipinski definition) is 4. The van der Waals surface area contributed by atoms with Crippen LogP contribution in [0.3, 0.4) is 0 Å². The summed E-state index contributed by atoms with van der Waals surface area (Å²) in [5.41, 5.74) is 4.90. The Kier molecular flexibility index (Phi) is 15.1. The van der Waals surface area contributed by atoms with Crippen molar-refractivity contribution in [3.63, 3.8) is 0 Å². The van der Waals surface area contributed by atoms with Crippen LogP contribution in [-0.2, 0) is 0 Å². The van der Waals surface area contributed by atoms with E-state index in [2.05, 4.69) is 0 Å². The van der Waals surface area contributed by atoms with Crippen molar-refractivity contribution in [1.82, 2.24) is 0 Å². The van der Waals surface area contributed by atoms with Crippen LogP contribution in [-0.4, -0.2) is 16.6 Å². The molecule has 4 nitrogen and oxygen atoms in total. The third-order valence-electron chi connectivity index (χ3n) is 0.109. The minimum Gasteiger partial charge on any atom is -0.372 e. The summed E-state index contributed by atoms with van der Waals surface area (Å²) in [6.45, 7) is 0.585. The fraction of sp³-hybridized carbons (Fsp3) is 1.00. The lowest BCUT2D eigenvalue weighted by atomic mass is 10.8. The van der Waals surface area contributed by atoms with Crippen LogP contribution < -0.4 is 14.1 Å². The fourth-order valence-corrected chi connectivity index (χ4v) is 0. The molecular formula is C2H7BrClNO3. The molecule has 0 saturated carbocycles. The molecule has 0 unspecified atom stereocenters. The molecule has 0 amide bonds. The van der Waals surface area contributed by atoms with Gasteiger partial charge < -0.3 is 14.1 Å². The Morgan fingerprint density at radius 2 is 1.75 bits per heavy atom. The number of rotatable bonds is 1. The van der Waals surface area contributed by atoms with Gasteiger partial charge in [-0.05, 0) is 4.20 Å². The third kappa shape index (κ3) is 80.3. The second-order valence-corrected chi connectivity index (χ2v) is 1.90. The van der Waals surface area contributed by atoms with Crippen LogP contribution in [0.5, 0.6) is 0 Å². The van der Waals surface area contributed by atoms with E-state index in [0.717, 1.165) is 0 Å². The molecule has 0 aromatic rings. The molecule has 0 saturated heterocycles. The topological polar surface area (TPSA) is 92.4 Å². The van der Waals surface area contributed by atoms with Crippen LogP contribution in [0.15, 0.2) is 0 Å². The van der Waals surface area contributed by atoms with Crippen LogP contribution >= 0.6 is 11.6 Å². The summed E-state index contributed by atoms with van der Waals surface area (Å²) in [6.07, 6.45) is 0. The fourth-order valence-electron chi connectivity index (χ4n) is 0. The molecule has 52 valence electrons. The largest absolute Gasteiger partial charge is 0.433 e. The van der Waals surface area contributed by atoms with Crippen molar-refractivity contribution < 1.29 is 27.4 Å². The van der Waals surface area contributed by atoms with E-state index in [1.54, 1.807) is 0 Å². The predicted octanol–water partition coefficient (Wildman–Crippen LogP) is -2.75. The molecular weight excluding hydrogens is 201 g/mol. The SMILES string of the molecule is NCCCl.[O-][Br+2]([O-])O. The molecule has 0 rings (SSSR count). The van der Waals surface area contributed by atoms with Gasteiger partial charge in [-0.3, -0.25) is 0 Å². The molecule has 0 aromatic heterocycles. The van der Waals surface area contributed by atoms with Crippen molar-refractivity contribution in [3.8, 4) is 0 Å². The molecule has 0 bridgehead atoms. The molecule has 0 aliphatic heterocycles. The average molecular weight is 208 g/mol. The van der Waals surface area contributed by atoms with E-state index in [0.29, 0.717) is 12.4 Å². The van der Waals surface area contributed by atoms with E-state index < -0.39 is 14.8 Å². The Morgan fingerprint density at radius 1 is 1.62 bits per heavy atom. The van der Waals surface area contributed by atoms with Crippen molar-refractivity contribution in [2.45, 2.75) is 0 Å². The van der Waals surface area contributed by atoms with Gasteiger partial charge in [-0.25, -0.2) is 0 Å². The monoisotopic (exact) mass is 207 g/mol. The van der Waals surface area contributed by atoms with E-state index in [-0.39, 0.29) is 0 Å². The second kappa shape index (κ2) is 10.6. The summed E-state index contributed by atoms with van der Waals surface area (Å²) in [4.78, 5) is 0. The van der Waals surface area contributed by atoms with Crippen molar-refractivity contribution in [2.24, 2.45) is 5.73 Å². The zero-order valence-corrected chi connectivity index (χ0v) is 6.35. The summed E-state index contributed by atoms with van der Waals surface area (Å²) >= 11 is 1.67. The summed E-state index contributed by atoms with van der Waals surface area (Å²) in [5.74, 6) is 0.569. The Bertz CT molecular complexity index is 33.7. The number of halogens is 2. The maximum Gasteiger partial charge on any atom is 0.433 e. The van der Waals surface area contributed by atoms with E-state index in [4.69, 9.17) is 29.9 Å². The standard InChI is InChI=1S/C2H6ClN.BrHO3/c3-1-2-4;2-1(3)4/h1-2,4H2;2H. The average Bonchev–Trinajstić information content (AvgIpc) is 1.65. The zero-order chi connectivity index (χ0) is 6.99. The van der Waals surface area contributed by atoms with Crippen LogP contribution in [0.1, 0.15) is 0 Å². The Morgan fingerprint density at radius 3 is 1.75 bits per heavy atom. The van der Waals surface area contributed by atoms with Crippen LogP contribution in [0.4, 0.5) is 0 Å². The first-order chi connectivity index (χ1) is 3.65. The third-order valence-corrected chi connectivity index (χ3v) is 0.327. The number of alkyl halides is 1. The van der Waals surface area contributed by atoms with E-state index in [1.165, 1.54) is 0 Å². The zero-order valence-electron chi connectivity index (χ0n) is 4.01. The van der Waals surface area contributed by atoms with Crippen LogP contribution in [0.25, 0.3) is 0 Å². The quantitative estimate of drug-likeness (QED) is 0.457. The Balaban J connectivity index is 0. The maximum atomic E-state index is 8.63. The van der Waals surface area contributed by atoms with Gasteiger partial charge in [0.05, 0.1) is 0 Å². The minimum absolute atomic E-state index is 0.569. The highest BCUT2D eigenvalue weighted by molar-refractivity contribution is 6.18. The summed E-state index contributed by atoms with van der Waals surface area (Å²) in [7, 11) is 0. The Hall–Kier alpha value is 0.610. The smallest absolute Gasteiger partial charge is 0.372 e. The molecule has 0 spiro atoms. The predicted molar refractivity (Wildman–Crippen MR) is 22.0 cm³/mol. The summed E-state index contributed by atoms with van der Waals surface area (Å²) < 4.78 is 24.3. The van der Waals surface area contributed by atoms with Gasteiger partial charge in [0.1, 0.15) is 0 Å². The minimum atomic E-state index is -3.40. The maximum absolute atomic E-state index is 8.63. The highest BCUT2D eigenvalue weighted by Gasteiger charge is 1.86. The first-order valence-corrected chi connectivity index (χ1v) is 4.19. The Labute approximate surface area is 57.7 Å². The van der Waals surface area contributed by atoms with Gasteiger partial charge in [-0.2, -0.15) is 0 Å². The molecule has 0 radical (unpaired) electrons. The van der Waals surface area contributed by atoms with Crippen molar-refractivity contribution in [2.75, 3.05) is 12.4 Å². The van der Waals surface area contributed by atoms with Crippen molar-refractivity contribution >= 4 is 11.6 Å². The molecule has 0 fully saturated rings. The normalized spacial score (nSPS) is 8.25. The first kappa shape index (κ1) is 11.4. The van der Waals surface area contributed by atoms with E-state index >= 15 is 0 Å². The lowest BCUT2D eigenvalue weighted by Gasteiger charge is -1.69. The molecule has 0 aliphatic rings. The first-order valence-electron chi connectivity index (χ1n) is 1.65. The summed E-state index contributed by atoms with van der Waals surface area (Å²) in [5, 5.41) is 0. The molecule has 0 atom stereocenters. The van der Waals surface area contributed by atoms with Crippen LogP contribution in [0, 0.1) is 14.8 Å². The van der Waals surface area contributed by atoms with Gasteiger partial charge in [0.2, 0.25) is 0 Å². The van der Waals surface area contributed by atoms with Crippen molar-refractivity contribution in [3.05, 3.63) is 0 Å². The second-order valence-electron chi connectivity index (χ2n) is 0.679. The van der Waals surface area contributed by atoms with Crippen molar-refractivity contribution in [1.29, 1.82) is 0 Å². The number of nitrogens with two attached hydrogens (primary N) is 1. The molecule has 0 aromatic carbocycles. The lowest BCUT2D eigenvalue weighted by Crippen LogP contribution is -2.30. The highest BCUT2D eigenvalue weighted by Crippen LogP contribution is 1.60. The van der Waals surface area contributed by atoms with E-state index in [9.17, 15) is 0 Å². The highest BCUT2D eigenvalue weighted by atomic mass is 80.0. The lowest BCUT2D eigenvalue weighted by molar-refractivity contribution is -1.63. The molecule has 6 heteroatoms. The van der Waals surface area contributed by atoms with Gasteiger partial charge in [0.25, 0.3) is 0 Å². The van der Waals surface area contributed by atoms with Gasteiger partial charge >= 0.3 is 14.8 Å². The van der Waals surface area contributed by atoms with E-state index in [1.807, 2.05) is 0 Å². The molecule has 0 heterocycles.